The number of hydrogen-bond donors (Lipinski definition) is 2. The number of benzene rings is 1. The monoisotopic (exact) mass is 390 g/mol. The summed E-state index contributed by atoms with van der Waals surface area (Å²) in [5.41, 5.74) is 7.51. The van der Waals surface area contributed by atoms with Gasteiger partial charge in [-0.1, -0.05) is 11.8 Å². The molecule has 0 saturated heterocycles. The summed E-state index contributed by atoms with van der Waals surface area (Å²) in [5.74, 6) is 0.809. The molecule has 0 aliphatic rings. The van der Waals surface area contributed by atoms with E-state index in [9.17, 15) is 0 Å². The van der Waals surface area contributed by atoms with Crippen LogP contribution in [0.25, 0.3) is 10.9 Å². The molecule has 3 N–H and O–H groups in total. The quantitative estimate of drug-likeness (QED) is 0.366. The van der Waals surface area contributed by atoms with Crippen LogP contribution >= 0.6 is 35.7 Å². The lowest BCUT2D eigenvalue weighted by molar-refractivity contribution is 0.415. The molecule has 0 amide bonds. The van der Waals surface area contributed by atoms with Crippen LogP contribution in [0.4, 0.5) is 0 Å². The Morgan fingerprint density at radius 1 is 1.47 bits per heavy atom. The summed E-state index contributed by atoms with van der Waals surface area (Å²) in [7, 11) is 1.64. The summed E-state index contributed by atoms with van der Waals surface area (Å²) in [4.78, 5) is 3.16. The Hall–Kier alpha value is -1.22. The van der Waals surface area contributed by atoms with Gasteiger partial charge in [-0.3, -0.25) is 0 Å². The molecule has 0 atom stereocenters. The van der Waals surface area contributed by atoms with Crippen LogP contribution in [0.2, 0.25) is 0 Å². The summed E-state index contributed by atoms with van der Waals surface area (Å²) in [5, 5.41) is 9.27. The second-order valence-electron chi connectivity index (χ2n) is 3.54. The molecule has 1 aromatic heterocycles. The lowest BCUT2D eigenvalue weighted by Crippen LogP contribution is -2.03. The van der Waals surface area contributed by atoms with Gasteiger partial charge in [-0.2, -0.15) is 5.10 Å². The largest absolute Gasteiger partial charge is 0.497 e. The zero-order chi connectivity index (χ0) is 13.0. The number of amidine groups is 1. The number of halogens is 1. The molecule has 2 aromatic rings. The van der Waals surface area contributed by atoms with Gasteiger partial charge in [0.15, 0.2) is 5.17 Å². The van der Waals surface area contributed by atoms with Gasteiger partial charge in [0.25, 0.3) is 0 Å². The average Bonchev–Trinajstić information content (AvgIpc) is 2.81. The SMILES string of the molecule is COc1ccc2[nH]cc(/C=N/N=C(N)SC)c2c1.I. The van der Waals surface area contributed by atoms with Crippen molar-refractivity contribution in [2.45, 2.75) is 0 Å². The van der Waals surface area contributed by atoms with E-state index in [0.717, 1.165) is 22.2 Å². The molecule has 5 nitrogen and oxygen atoms in total. The van der Waals surface area contributed by atoms with E-state index in [1.54, 1.807) is 13.3 Å². The van der Waals surface area contributed by atoms with Gasteiger partial charge >= 0.3 is 0 Å². The molecule has 0 bridgehead atoms. The van der Waals surface area contributed by atoms with Gasteiger partial charge in [0.05, 0.1) is 13.3 Å². The Bertz CT molecular complexity index is 609. The van der Waals surface area contributed by atoms with Crippen molar-refractivity contribution < 1.29 is 4.74 Å². The lowest BCUT2D eigenvalue weighted by atomic mass is 10.2. The molecule has 0 radical (unpaired) electrons. The molecule has 0 spiro atoms. The van der Waals surface area contributed by atoms with Crippen molar-refractivity contribution in [3.8, 4) is 5.75 Å². The minimum Gasteiger partial charge on any atom is -0.497 e. The number of fused-ring (bicyclic) bond motifs is 1. The predicted molar refractivity (Wildman–Crippen MR) is 93.0 cm³/mol. The molecular weight excluding hydrogens is 375 g/mol. The van der Waals surface area contributed by atoms with Crippen LogP contribution in [-0.4, -0.2) is 29.7 Å². The molecule has 102 valence electrons. The summed E-state index contributed by atoms with van der Waals surface area (Å²) in [6, 6.07) is 5.82. The zero-order valence-corrected chi connectivity index (χ0v) is 13.7. The number of ether oxygens (including phenoxy) is 1. The Balaban J connectivity index is 0.00000180. The van der Waals surface area contributed by atoms with E-state index in [1.165, 1.54) is 11.8 Å². The summed E-state index contributed by atoms with van der Waals surface area (Å²) in [6.07, 6.45) is 5.39. The Morgan fingerprint density at radius 3 is 2.95 bits per heavy atom. The number of nitrogens with one attached hydrogen (secondary N) is 1. The predicted octanol–water partition coefficient (Wildman–Crippen LogP) is 2.81. The minimum atomic E-state index is 0. The van der Waals surface area contributed by atoms with Crippen molar-refractivity contribution in [1.82, 2.24) is 4.98 Å². The van der Waals surface area contributed by atoms with Gasteiger partial charge in [0.2, 0.25) is 0 Å². The third-order valence-electron chi connectivity index (χ3n) is 2.48. The van der Waals surface area contributed by atoms with Gasteiger partial charge < -0.3 is 15.5 Å². The third kappa shape index (κ3) is 3.87. The second kappa shape index (κ2) is 7.39. The molecule has 0 saturated carbocycles. The van der Waals surface area contributed by atoms with E-state index < -0.39 is 0 Å². The first-order valence-electron chi connectivity index (χ1n) is 5.30. The zero-order valence-electron chi connectivity index (χ0n) is 10.6. The maximum Gasteiger partial charge on any atom is 0.180 e. The Labute approximate surface area is 132 Å². The van der Waals surface area contributed by atoms with Crippen LogP contribution < -0.4 is 10.5 Å². The highest BCUT2D eigenvalue weighted by Crippen LogP contribution is 2.22. The topological polar surface area (TPSA) is 75.8 Å². The summed E-state index contributed by atoms with van der Waals surface area (Å²) in [6.45, 7) is 0. The highest BCUT2D eigenvalue weighted by Gasteiger charge is 2.02. The molecule has 0 unspecified atom stereocenters. The fraction of sp³-hybridized carbons (Fsp3) is 0.167. The molecule has 0 fully saturated rings. The van der Waals surface area contributed by atoms with Crippen LogP contribution in [-0.2, 0) is 0 Å². The summed E-state index contributed by atoms with van der Waals surface area (Å²) >= 11 is 1.36. The van der Waals surface area contributed by atoms with Crippen LogP contribution in [0.1, 0.15) is 5.56 Å². The highest BCUT2D eigenvalue weighted by molar-refractivity contribution is 14.0. The number of aromatic amines is 1. The number of rotatable bonds is 3. The van der Waals surface area contributed by atoms with Gasteiger partial charge in [-0.05, 0) is 24.5 Å². The number of thioether (sulfide) groups is 1. The lowest BCUT2D eigenvalue weighted by Gasteiger charge is -1.99. The van der Waals surface area contributed by atoms with E-state index in [2.05, 4.69) is 15.2 Å². The van der Waals surface area contributed by atoms with E-state index in [4.69, 9.17) is 10.5 Å². The number of hydrogen-bond acceptors (Lipinski definition) is 4. The molecule has 7 heteroatoms. The standard InChI is InChI=1S/C12H14N4OS.HI/c1-17-9-3-4-11-10(5-9)8(6-14-11)7-15-16-12(13)18-2;/h3-7,14H,1-2H3,(H2,13,16);1H/b15-7+;. The number of nitrogens with zero attached hydrogens (tertiary/aromatic N) is 2. The van der Waals surface area contributed by atoms with Gasteiger partial charge in [-0.25, -0.2) is 0 Å². The molecule has 19 heavy (non-hydrogen) atoms. The highest BCUT2D eigenvalue weighted by atomic mass is 127. The van der Waals surface area contributed by atoms with Crippen molar-refractivity contribution in [2.75, 3.05) is 13.4 Å². The first kappa shape index (κ1) is 15.8. The van der Waals surface area contributed by atoms with Crippen molar-refractivity contribution in [2.24, 2.45) is 15.9 Å². The van der Waals surface area contributed by atoms with Crippen LogP contribution in [0.3, 0.4) is 0 Å². The Morgan fingerprint density at radius 2 is 2.26 bits per heavy atom. The van der Waals surface area contributed by atoms with Gasteiger partial charge in [-0.15, -0.1) is 29.1 Å². The molecule has 1 aromatic carbocycles. The summed E-state index contributed by atoms with van der Waals surface area (Å²) < 4.78 is 5.20. The first-order valence-corrected chi connectivity index (χ1v) is 6.52. The molecular formula is C12H15IN4OS. The van der Waals surface area contributed by atoms with Crippen molar-refractivity contribution >= 4 is 58.0 Å². The van der Waals surface area contributed by atoms with E-state index in [0.29, 0.717) is 5.17 Å². The molecule has 0 aliphatic carbocycles. The van der Waals surface area contributed by atoms with Crippen molar-refractivity contribution in [3.63, 3.8) is 0 Å². The van der Waals surface area contributed by atoms with Crippen molar-refractivity contribution in [1.29, 1.82) is 0 Å². The maximum absolute atomic E-state index is 5.54. The number of nitrogens with two attached hydrogens (primary N) is 1. The number of methoxy groups -OCH3 is 1. The van der Waals surface area contributed by atoms with E-state index in [1.807, 2.05) is 30.7 Å². The molecule has 0 aliphatic heterocycles. The van der Waals surface area contributed by atoms with Crippen LogP contribution in [0.5, 0.6) is 5.75 Å². The first-order chi connectivity index (χ1) is 8.74. The normalized spacial score (nSPS) is 11.8. The smallest absolute Gasteiger partial charge is 0.180 e. The number of aromatic nitrogens is 1. The average molecular weight is 390 g/mol. The molecule has 1 heterocycles. The number of H-pyrrole nitrogens is 1. The fourth-order valence-electron chi connectivity index (χ4n) is 1.54. The van der Waals surface area contributed by atoms with Gasteiger partial charge in [0, 0.05) is 22.7 Å². The molecule has 2 rings (SSSR count). The maximum atomic E-state index is 5.54. The van der Waals surface area contributed by atoms with E-state index in [-0.39, 0.29) is 24.0 Å². The van der Waals surface area contributed by atoms with Gasteiger partial charge in [0.1, 0.15) is 5.75 Å². The van der Waals surface area contributed by atoms with E-state index >= 15 is 0 Å². The minimum absolute atomic E-state index is 0. The fourth-order valence-corrected chi connectivity index (χ4v) is 1.67. The second-order valence-corrected chi connectivity index (χ2v) is 4.37. The van der Waals surface area contributed by atoms with Crippen molar-refractivity contribution in [3.05, 3.63) is 30.0 Å². The Kier molecular flexibility index (Phi) is 6.16. The third-order valence-corrected chi connectivity index (χ3v) is 2.98. The van der Waals surface area contributed by atoms with Crippen LogP contribution in [0, 0.1) is 0 Å². The van der Waals surface area contributed by atoms with Crippen LogP contribution in [0.15, 0.2) is 34.6 Å².